The van der Waals surface area contributed by atoms with Crippen LogP contribution < -0.4 is 5.73 Å². The van der Waals surface area contributed by atoms with Gasteiger partial charge in [-0.15, -0.1) is 0 Å². The minimum absolute atomic E-state index is 0.211. The number of benzene rings is 1. The lowest BCUT2D eigenvalue weighted by atomic mass is 10.2. The second kappa shape index (κ2) is 3.87. The number of carboxylic acid groups (broad SMARTS) is 1. The Hall–Kier alpha value is -2.30. The fraction of sp³-hybridized carbons (Fsp3) is 0.231. The molecular weight excluding hydrogens is 230 g/mol. The highest BCUT2D eigenvalue weighted by Crippen LogP contribution is 2.39. The molecule has 3 N–H and O–H groups in total. The van der Waals surface area contributed by atoms with E-state index in [-0.39, 0.29) is 5.56 Å². The third-order valence-corrected chi connectivity index (χ3v) is 3.13. The molecule has 0 radical (unpaired) electrons. The molecule has 1 fully saturated rings. The van der Waals surface area contributed by atoms with Gasteiger partial charge in [0.25, 0.3) is 0 Å². The zero-order valence-corrected chi connectivity index (χ0v) is 9.71. The summed E-state index contributed by atoms with van der Waals surface area (Å²) in [5, 5.41) is 13.4. The van der Waals surface area contributed by atoms with E-state index in [9.17, 15) is 4.79 Å². The van der Waals surface area contributed by atoms with Crippen molar-refractivity contribution in [1.29, 1.82) is 0 Å². The first-order valence-corrected chi connectivity index (χ1v) is 5.84. The van der Waals surface area contributed by atoms with Crippen LogP contribution in [0.3, 0.4) is 0 Å². The first-order chi connectivity index (χ1) is 8.65. The van der Waals surface area contributed by atoms with Crippen molar-refractivity contribution in [2.24, 2.45) is 0 Å². The number of rotatable bonds is 3. The first-order valence-electron chi connectivity index (χ1n) is 5.84. The standard InChI is InChI=1S/C13H13N3O2/c14-10-4-3-9(13(17)18)7-12(10)16-6-5-11(15-16)8-1-2-8/h3-8H,1-2,14H2,(H,17,18). The summed E-state index contributed by atoms with van der Waals surface area (Å²) in [4.78, 5) is 10.9. The number of carboxylic acids is 1. The molecule has 0 aliphatic heterocycles. The van der Waals surface area contributed by atoms with E-state index in [0.29, 0.717) is 17.3 Å². The van der Waals surface area contributed by atoms with Crippen LogP contribution in [-0.4, -0.2) is 20.9 Å². The highest BCUT2D eigenvalue weighted by atomic mass is 16.4. The minimum atomic E-state index is -0.967. The maximum absolute atomic E-state index is 10.9. The molecule has 1 aromatic carbocycles. The third kappa shape index (κ3) is 1.84. The molecule has 0 atom stereocenters. The normalized spacial score (nSPS) is 14.7. The van der Waals surface area contributed by atoms with E-state index in [1.54, 1.807) is 16.8 Å². The van der Waals surface area contributed by atoms with Crippen LogP contribution in [0.25, 0.3) is 5.69 Å². The van der Waals surface area contributed by atoms with Gasteiger partial charge in [-0.1, -0.05) is 0 Å². The van der Waals surface area contributed by atoms with Gasteiger partial charge in [-0.2, -0.15) is 5.10 Å². The van der Waals surface area contributed by atoms with Gasteiger partial charge in [0.05, 0.1) is 22.6 Å². The van der Waals surface area contributed by atoms with Crippen molar-refractivity contribution in [2.45, 2.75) is 18.8 Å². The molecule has 3 rings (SSSR count). The van der Waals surface area contributed by atoms with Gasteiger partial charge in [-0.25, -0.2) is 9.48 Å². The highest BCUT2D eigenvalue weighted by molar-refractivity contribution is 5.89. The van der Waals surface area contributed by atoms with Gasteiger partial charge in [0.2, 0.25) is 0 Å². The van der Waals surface area contributed by atoms with Crippen LogP contribution in [0.15, 0.2) is 30.5 Å². The molecule has 1 saturated carbocycles. The van der Waals surface area contributed by atoms with Gasteiger partial charge in [0, 0.05) is 12.1 Å². The van der Waals surface area contributed by atoms with Gasteiger partial charge in [0.15, 0.2) is 0 Å². The van der Waals surface area contributed by atoms with E-state index in [1.807, 2.05) is 12.3 Å². The Labute approximate surface area is 104 Å². The second-order valence-electron chi connectivity index (χ2n) is 4.54. The van der Waals surface area contributed by atoms with Crippen molar-refractivity contribution >= 4 is 11.7 Å². The van der Waals surface area contributed by atoms with Crippen LogP contribution in [0.2, 0.25) is 0 Å². The third-order valence-electron chi connectivity index (χ3n) is 3.13. The van der Waals surface area contributed by atoms with E-state index in [4.69, 9.17) is 10.8 Å². The molecule has 0 bridgehead atoms. The largest absolute Gasteiger partial charge is 0.478 e. The number of hydrogen-bond acceptors (Lipinski definition) is 3. The number of hydrogen-bond donors (Lipinski definition) is 2. The Kier molecular flexibility index (Phi) is 2.33. The predicted octanol–water partition coefficient (Wildman–Crippen LogP) is 2.03. The molecule has 1 aromatic heterocycles. The fourth-order valence-corrected chi connectivity index (χ4v) is 1.94. The molecule has 92 valence electrons. The molecule has 1 aliphatic carbocycles. The van der Waals surface area contributed by atoms with Crippen molar-refractivity contribution in [3.05, 3.63) is 41.7 Å². The molecule has 0 saturated heterocycles. The van der Waals surface area contributed by atoms with E-state index >= 15 is 0 Å². The fourth-order valence-electron chi connectivity index (χ4n) is 1.94. The van der Waals surface area contributed by atoms with Gasteiger partial charge < -0.3 is 10.8 Å². The smallest absolute Gasteiger partial charge is 0.335 e. The average molecular weight is 243 g/mol. The summed E-state index contributed by atoms with van der Waals surface area (Å²) in [5.74, 6) is -0.402. The highest BCUT2D eigenvalue weighted by Gasteiger charge is 2.26. The lowest BCUT2D eigenvalue weighted by Crippen LogP contribution is -2.04. The molecule has 18 heavy (non-hydrogen) atoms. The Morgan fingerprint density at radius 2 is 2.17 bits per heavy atom. The van der Waals surface area contributed by atoms with Crippen LogP contribution in [-0.2, 0) is 0 Å². The van der Waals surface area contributed by atoms with Crippen LogP contribution >= 0.6 is 0 Å². The van der Waals surface area contributed by atoms with Gasteiger partial charge in [-0.3, -0.25) is 0 Å². The number of carbonyl (C=O) groups is 1. The number of nitrogens with zero attached hydrogens (tertiary/aromatic N) is 2. The Morgan fingerprint density at radius 3 is 2.83 bits per heavy atom. The zero-order chi connectivity index (χ0) is 12.7. The predicted molar refractivity (Wildman–Crippen MR) is 66.9 cm³/mol. The molecule has 0 amide bonds. The molecule has 5 nitrogen and oxygen atoms in total. The maximum Gasteiger partial charge on any atom is 0.335 e. The number of anilines is 1. The van der Waals surface area contributed by atoms with Crippen molar-refractivity contribution in [3.8, 4) is 5.69 Å². The monoisotopic (exact) mass is 243 g/mol. The maximum atomic E-state index is 10.9. The van der Waals surface area contributed by atoms with Crippen molar-refractivity contribution in [3.63, 3.8) is 0 Å². The van der Waals surface area contributed by atoms with Gasteiger partial charge in [0.1, 0.15) is 0 Å². The molecule has 0 unspecified atom stereocenters. The summed E-state index contributed by atoms with van der Waals surface area (Å²) in [5.41, 5.74) is 8.26. The molecule has 1 aliphatic rings. The first kappa shape index (κ1) is 10.8. The SMILES string of the molecule is Nc1ccc(C(=O)O)cc1-n1ccc(C2CC2)n1. The summed E-state index contributed by atoms with van der Waals surface area (Å²) < 4.78 is 1.65. The van der Waals surface area contributed by atoms with E-state index in [0.717, 1.165) is 5.69 Å². The van der Waals surface area contributed by atoms with Gasteiger partial charge >= 0.3 is 5.97 Å². The minimum Gasteiger partial charge on any atom is -0.478 e. The molecule has 5 heteroatoms. The summed E-state index contributed by atoms with van der Waals surface area (Å²) in [7, 11) is 0. The zero-order valence-electron chi connectivity index (χ0n) is 9.71. The summed E-state index contributed by atoms with van der Waals surface area (Å²) in [6, 6.07) is 6.59. The Morgan fingerprint density at radius 1 is 1.39 bits per heavy atom. The lowest BCUT2D eigenvalue weighted by molar-refractivity contribution is 0.0697. The lowest BCUT2D eigenvalue weighted by Gasteiger charge is -2.06. The van der Waals surface area contributed by atoms with E-state index < -0.39 is 5.97 Å². The second-order valence-corrected chi connectivity index (χ2v) is 4.54. The molecule has 2 aromatic rings. The van der Waals surface area contributed by atoms with E-state index in [1.165, 1.54) is 18.9 Å². The molecular formula is C13H13N3O2. The number of nitrogens with two attached hydrogens (primary N) is 1. The van der Waals surface area contributed by atoms with Crippen molar-refractivity contribution in [1.82, 2.24) is 9.78 Å². The summed E-state index contributed by atoms with van der Waals surface area (Å²) in [6.45, 7) is 0. The topological polar surface area (TPSA) is 81.1 Å². The van der Waals surface area contributed by atoms with Crippen LogP contribution in [0, 0.1) is 0 Å². The Bertz CT molecular complexity index is 614. The number of aromatic carboxylic acids is 1. The van der Waals surface area contributed by atoms with Crippen molar-refractivity contribution in [2.75, 3.05) is 5.73 Å². The number of nitrogen functional groups attached to an aromatic ring is 1. The summed E-state index contributed by atoms with van der Waals surface area (Å²) >= 11 is 0. The van der Waals surface area contributed by atoms with Crippen molar-refractivity contribution < 1.29 is 9.90 Å². The van der Waals surface area contributed by atoms with Crippen LogP contribution in [0.5, 0.6) is 0 Å². The number of aromatic nitrogens is 2. The quantitative estimate of drug-likeness (QED) is 0.808. The Balaban J connectivity index is 2.03. The molecule has 0 spiro atoms. The average Bonchev–Trinajstić information content (AvgIpc) is 3.08. The van der Waals surface area contributed by atoms with Crippen LogP contribution in [0.4, 0.5) is 5.69 Å². The van der Waals surface area contributed by atoms with E-state index in [2.05, 4.69) is 5.10 Å². The van der Waals surface area contributed by atoms with Crippen LogP contribution in [0.1, 0.15) is 34.8 Å². The van der Waals surface area contributed by atoms with Gasteiger partial charge in [-0.05, 0) is 37.1 Å². The molecule has 1 heterocycles. The summed E-state index contributed by atoms with van der Waals surface area (Å²) in [6.07, 6.45) is 4.19.